The summed E-state index contributed by atoms with van der Waals surface area (Å²) < 4.78 is 0. The second kappa shape index (κ2) is 10.2. The van der Waals surface area contributed by atoms with E-state index in [-0.39, 0.29) is 0 Å². The standard InChI is InChI=1S/C21H29N5S/c1-18-17-24-20(27-18)10-11-23-21(22-2)26-15-13-25(14-16-26)12-6-9-19-7-4-3-5-8-19/h3-9,17H,10-16H2,1-2H3,(H,22,23)/b9-6+. The van der Waals surface area contributed by atoms with Crippen LogP contribution in [0.2, 0.25) is 0 Å². The van der Waals surface area contributed by atoms with Crippen LogP contribution in [0.1, 0.15) is 15.4 Å². The highest BCUT2D eigenvalue weighted by Gasteiger charge is 2.18. The van der Waals surface area contributed by atoms with Crippen molar-refractivity contribution < 1.29 is 0 Å². The first-order valence-corrected chi connectivity index (χ1v) is 10.4. The molecule has 1 aromatic heterocycles. The van der Waals surface area contributed by atoms with Crippen molar-refractivity contribution in [2.45, 2.75) is 13.3 Å². The van der Waals surface area contributed by atoms with E-state index in [4.69, 9.17) is 0 Å². The molecular formula is C21H29N5S. The predicted molar refractivity (Wildman–Crippen MR) is 115 cm³/mol. The molecule has 0 unspecified atom stereocenters. The lowest BCUT2D eigenvalue weighted by Crippen LogP contribution is -2.52. The first-order chi connectivity index (χ1) is 13.2. The number of benzene rings is 1. The third-order valence-corrected chi connectivity index (χ3v) is 5.62. The molecule has 0 bridgehead atoms. The summed E-state index contributed by atoms with van der Waals surface area (Å²) in [6.45, 7) is 8.11. The summed E-state index contributed by atoms with van der Waals surface area (Å²) >= 11 is 1.77. The van der Waals surface area contributed by atoms with Gasteiger partial charge in [-0.2, -0.15) is 0 Å². The molecule has 0 saturated carbocycles. The summed E-state index contributed by atoms with van der Waals surface area (Å²) in [5.41, 5.74) is 1.26. The van der Waals surface area contributed by atoms with E-state index in [9.17, 15) is 0 Å². The van der Waals surface area contributed by atoms with E-state index >= 15 is 0 Å². The van der Waals surface area contributed by atoms with Gasteiger partial charge in [-0.25, -0.2) is 4.98 Å². The lowest BCUT2D eigenvalue weighted by Gasteiger charge is -2.36. The fourth-order valence-electron chi connectivity index (χ4n) is 3.17. The van der Waals surface area contributed by atoms with Gasteiger partial charge in [-0.05, 0) is 12.5 Å². The number of aromatic nitrogens is 1. The molecule has 0 radical (unpaired) electrons. The molecule has 0 aliphatic carbocycles. The summed E-state index contributed by atoms with van der Waals surface area (Å²) in [6.07, 6.45) is 7.35. The fourth-order valence-corrected chi connectivity index (χ4v) is 3.96. The average Bonchev–Trinajstić information content (AvgIpc) is 3.12. The SMILES string of the molecule is CN=C(NCCc1ncc(C)s1)N1CCN(C/C=C/c2ccccc2)CC1. The highest BCUT2D eigenvalue weighted by Crippen LogP contribution is 2.11. The van der Waals surface area contributed by atoms with Gasteiger partial charge in [-0.15, -0.1) is 11.3 Å². The maximum absolute atomic E-state index is 4.46. The molecule has 5 nitrogen and oxygen atoms in total. The van der Waals surface area contributed by atoms with Crippen LogP contribution in [0.5, 0.6) is 0 Å². The van der Waals surface area contributed by atoms with Gasteiger partial charge in [-0.1, -0.05) is 42.5 Å². The van der Waals surface area contributed by atoms with Crippen LogP contribution in [-0.2, 0) is 6.42 Å². The van der Waals surface area contributed by atoms with Crippen LogP contribution in [0.25, 0.3) is 6.08 Å². The van der Waals surface area contributed by atoms with E-state index in [1.807, 2.05) is 13.2 Å². The Bertz CT molecular complexity index is 745. The first-order valence-electron chi connectivity index (χ1n) is 9.55. The largest absolute Gasteiger partial charge is 0.356 e. The first kappa shape index (κ1) is 19.6. The fraction of sp³-hybridized carbons (Fsp3) is 0.429. The lowest BCUT2D eigenvalue weighted by atomic mass is 10.2. The van der Waals surface area contributed by atoms with Gasteiger partial charge in [0.25, 0.3) is 0 Å². The highest BCUT2D eigenvalue weighted by molar-refractivity contribution is 7.11. The monoisotopic (exact) mass is 383 g/mol. The second-order valence-electron chi connectivity index (χ2n) is 6.69. The van der Waals surface area contributed by atoms with Crippen LogP contribution < -0.4 is 5.32 Å². The van der Waals surface area contributed by atoms with Gasteiger partial charge in [0.05, 0.1) is 5.01 Å². The van der Waals surface area contributed by atoms with Gasteiger partial charge in [0.15, 0.2) is 5.96 Å². The van der Waals surface area contributed by atoms with Gasteiger partial charge < -0.3 is 10.2 Å². The van der Waals surface area contributed by atoms with Gasteiger partial charge in [0.2, 0.25) is 0 Å². The van der Waals surface area contributed by atoms with Crippen molar-refractivity contribution >= 4 is 23.4 Å². The highest BCUT2D eigenvalue weighted by atomic mass is 32.1. The van der Waals surface area contributed by atoms with Crippen molar-refractivity contribution in [1.82, 2.24) is 20.1 Å². The van der Waals surface area contributed by atoms with E-state index in [0.29, 0.717) is 0 Å². The van der Waals surface area contributed by atoms with Crippen molar-refractivity contribution in [2.75, 3.05) is 46.3 Å². The van der Waals surface area contributed by atoms with Crippen LogP contribution in [0.4, 0.5) is 0 Å². The number of nitrogens with zero attached hydrogens (tertiary/aromatic N) is 4. The Morgan fingerprint density at radius 1 is 1.22 bits per heavy atom. The topological polar surface area (TPSA) is 43.8 Å². The predicted octanol–water partition coefficient (Wildman–Crippen LogP) is 2.90. The van der Waals surface area contributed by atoms with Crippen molar-refractivity contribution in [1.29, 1.82) is 0 Å². The molecule has 3 rings (SSSR count). The Morgan fingerprint density at radius 2 is 2.00 bits per heavy atom. The zero-order valence-electron chi connectivity index (χ0n) is 16.3. The summed E-state index contributed by atoms with van der Waals surface area (Å²) in [4.78, 5) is 15.0. The number of thiazole rings is 1. The van der Waals surface area contributed by atoms with E-state index in [1.54, 1.807) is 11.3 Å². The number of aliphatic imine (C=N–C) groups is 1. The zero-order valence-corrected chi connectivity index (χ0v) is 17.1. The Morgan fingerprint density at radius 3 is 2.67 bits per heavy atom. The van der Waals surface area contributed by atoms with Crippen molar-refractivity contribution in [3.63, 3.8) is 0 Å². The number of nitrogens with one attached hydrogen (secondary N) is 1. The van der Waals surface area contributed by atoms with Crippen molar-refractivity contribution in [2.24, 2.45) is 4.99 Å². The second-order valence-corrected chi connectivity index (χ2v) is 8.01. The Hall–Kier alpha value is -2.18. The molecule has 2 heterocycles. The average molecular weight is 384 g/mol. The quantitative estimate of drug-likeness (QED) is 0.615. The van der Waals surface area contributed by atoms with E-state index < -0.39 is 0 Å². The van der Waals surface area contributed by atoms with Crippen molar-refractivity contribution in [3.8, 4) is 0 Å². The zero-order chi connectivity index (χ0) is 18.9. The molecule has 27 heavy (non-hydrogen) atoms. The molecular weight excluding hydrogens is 354 g/mol. The lowest BCUT2D eigenvalue weighted by molar-refractivity contribution is 0.194. The van der Waals surface area contributed by atoms with E-state index in [0.717, 1.165) is 51.6 Å². The number of rotatable bonds is 6. The minimum atomic E-state index is 0.875. The molecule has 1 aliphatic heterocycles. The number of piperazine rings is 1. The third-order valence-electron chi connectivity index (χ3n) is 4.65. The molecule has 0 amide bonds. The summed E-state index contributed by atoms with van der Waals surface area (Å²) in [6, 6.07) is 10.5. The van der Waals surface area contributed by atoms with Gasteiger partial charge >= 0.3 is 0 Å². The molecule has 1 aromatic carbocycles. The molecule has 2 aromatic rings. The normalized spacial score (nSPS) is 16.2. The maximum atomic E-state index is 4.46. The van der Waals surface area contributed by atoms with Crippen LogP contribution in [0, 0.1) is 6.92 Å². The summed E-state index contributed by atoms with van der Waals surface area (Å²) in [7, 11) is 1.87. The van der Waals surface area contributed by atoms with Crippen LogP contribution in [-0.4, -0.2) is 67.1 Å². The molecule has 1 N–H and O–H groups in total. The maximum Gasteiger partial charge on any atom is 0.193 e. The van der Waals surface area contributed by atoms with Crippen molar-refractivity contribution in [3.05, 3.63) is 58.1 Å². The third kappa shape index (κ3) is 6.19. The van der Waals surface area contributed by atoms with E-state index in [1.165, 1.54) is 15.4 Å². The molecule has 0 spiro atoms. The Labute approximate surface area is 166 Å². The number of guanidine groups is 1. The van der Waals surface area contributed by atoms with E-state index in [2.05, 4.69) is 74.5 Å². The molecule has 1 fully saturated rings. The van der Waals surface area contributed by atoms with Crippen LogP contribution in [0.3, 0.4) is 0 Å². The summed E-state index contributed by atoms with van der Waals surface area (Å²) in [5.74, 6) is 1.00. The molecule has 144 valence electrons. The summed E-state index contributed by atoms with van der Waals surface area (Å²) in [5, 5.41) is 4.67. The van der Waals surface area contributed by atoms with Crippen LogP contribution >= 0.6 is 11.3 Å². The number of hydrogen-bond acceptors (Lipinski definition) is 4. The Balaban J connectivity index is 1.38. The molecule has 1 saturated heterocycles. The minimum absolute atomic E-state index is 0.875. The number of aryl methyl sites for hydroxylation is 1. The Kier molecular flexibility index (Phi) is 7.42. The van der Waals surface area contributed by atoms with Crippen LogP contribution in [0.15, 0.2) is 47.6 Å². The van der Waals surface area contributed by atoms with Gasteiger partial charge in [0.1, 0.15) is 0 Å². The molecule has 0 atom stereocenters. The minimum Gasteiger partial charge on any atom is -0.356 e. The van der Waals surface area contributed by atoms with Gasteiger partial charge in [0, 0.05) is 63.8 Å². The number of hydrogen-bond donors (Lipinski definition) is 1. The smallest absolute Gasteiger partial charge is 0.193 e. The molecule has 6 heteroatoms. The van der Waals surface area contributed by atoms with Gasteiger partial charge in [-0.3, -0.25) is 9.89 Å². The molecule has 1 aliphatic rings.